The van der Waals surface area contributed by atoms with Crippen LogP contribution in [0, 0.1) is 0 Å². The second kappa shape index (κ2) is 12.2. The van der Waals surface area contributed by atoms with Crippen molar-refractivity contribution in [1.29, 1.82) is 0 Å². The first-order valence-electron chi connectivity index (χ1n) is 9.17. The van der Waals surface area contributed by atoms with Gasteiger partial charge in [-0.05, 0) is 24.5 Å². The molecule has 2 rings (SSSR count). The van der Waals surface area contributed by atoms with Crippen molar-refractivity contribution in [2.24, 2.45) is 5.73 Å². The van der Waals surface area contributed by atoms with Gasteiger partial charge in [0.15, 0.2) is 5.58 Å². The van der Waals surface area contributed by atoms with Crippen molar-refractivity contribution in [3.63, 3.8) is 0 Å². The molecule has 0 aliphatic carbocycles. The number of hydrogen-bond donors (Lipinski definition) is 2. The summed E-state index contributed by atoms with van der Waals surface area (Å²) in [6.45, 7) is 3.52. The molecule has 1 aromatic carbocycles. The first kappa shape index (κ1) is 20.8. The van der Waals surface area contributed by atoms with Crippen LogP contribution in [0.3, 0.4) is 0 Å². The van der Waals surface area contributed by atoms with Gasteiger partial charge in [0.25, 0.3) is 6.01 Å². The van der Waals surface area contributed by atoms with Crippen molar-refractivity contribution >= 4 is 29.5 Å². The Morgan fingerprint density at radius 1 is 1.04 bits per heavy atom. The molecule has 3 N–H and O–H groups in total. The van der Waals surface area contributed by atoms with Crippen molar-refractivity contribution in [3.8, 4) is 0 Å². The summed E-state index contributed by atoms with van der Waals surface area (Å²) >= 11 is 0. The van der Waals surface area contributed by atoms with Crippen LogP contribution in [0.2, 0.25) is 0 Å². The highest BCUT2D eigenvalue weighted by Crippen LogP contribution is 2.24. The summed E-state index contributed by atoms with van der Waals surface area (Å²) in [5, 5.41) is 3.11. The van der Waals surface area contributed by atoms with Gasteiger partial charge in [-0.2, -0.15) is 4.98 Å². The molecule has 0 atom stereocenters. The number of benzene rings is 1. The van der Waals surface area contributed by atoms with Gasteiger partial charge >= 0.3 is 0 Å². The maximum absolute atomic E-state index is 5.85. The average Bonchev–Trinajstić information content (AvgIpc) is 2.99. The summed E-state index contributed by atoms with van der Waals surface area (Å²) in [6.07, 6.45) is 11.8. The van der Waals surface area contributed by atoms with Gasteiger partial charge in [-0.25, -0.2) is 0 Å². The Bertz CT molecular complexity index is 571. The molecule has 0 saturated heterocycles. The van der Waals surface area contributed by atoms with Crippen molar-refractivity contribution in [1.82, 2.24) is 4.98 Å². The predicted molar refractivity (Wildman–Crippen MR) is 105 cm³/mol. The molecule has 1 aromatic heterocycles. The highest BCUT2D eigenvalue weighted by molar-refractivity contribution is 5.85. The molecule has 0 aliphatic heterocycles. The summed E-state index contributed by atoms with van der Waals surface area (Å²) in [4.78, 5) is 4.46. The molecule has 0 bridgehead atoms. The standard InChI is InChI=1S/C19H31N3O.ClH/c1-2-3-4-5-6-7-8-9-11-16-12-10-13-17-18(16)23-19(22-17)21-15-14-20;/h10,12-13H,2-9,11,14-15,20H2,1H3,(H,21,22);1H. The fourth-order valence-corrected chi connectivity index (χ4v) is 2.91. The van der Waals surface area contributed by atoms with E-state index in [4.69, 9.17) is 10.2 Å². The summed E-state index contributed by atoms with van der Waals surface area (Å²) in [6, 6.07) is 6.80. The molecule has 2 aromatic rings. The first-order chi connectivity index (χ1) is 11.3. The Balaban J connectivity index is 0.00000288. The molecule has 0 aliphatic rings. The number of fused-ring (bicyclic) bond motifs is 1. The first-order valence-corrected chi connectivity index (χ1v) is 9.17. The van der Waals surface area contributed by atoms with Crippen molar-refractivity contribution in [2.45, 2.75) is 64.7 Å². The lowest BCUT2D eigenvalue weighted by atomic mass is 10.0. The van der Waals surface area contributed by atoms with E-state index in [2.05, 4.69) is 29.4 Å². The van der Waals surface area contributed by atoms with Gasteiger partial charge in [0.05, 0.1) is 0 Å². The van der Waals surface area contributed by atoms with E-state index in [9.17, 15) is 0 Å². The van der Waals surface area contributed by atoms with Crippen molar-refractivity contribution < 1.29 is 4.42 Å². The smallest absolute Gasteiger partial charge is 0.295 e. The topological polar surface area (TPSA) is 64.1 Å². The number of aryl methyl sites for hydroxylation is 1. The molecule has 0 saturated carbocycles. The number of anilines is 1. The number of hydrogen-bond acceptors (Lipinski definition) is 4. The fraction of sp³-hybridized carbons (Fsp3) is 0.632. The summed E-state index contributed by atoms with van der Waals surface area (Å²) < 4.78 is 5.85. The van der Waals surface area contributed by atoms with Gasteiger partial charge < -0.3 is 15.5 Å². The van der Waals surface area contributed by atoms with Crippen LogP contribution < -0.4 is 11.1 Å². The SMILES string of the molecule is CCCCCCCCCCc1cccc2nc(NCCN)oc12.Cl. The van der Waals surface area contributed by atoms with Crippen molar-refractivity contribution in [3.05, 3.63) is 23.8 Å². The molecule has 5 heteroatoms. The Hall–Kier alpha value is -1.26. The number of nitrogens with zero attached hydrogens (tertiary/aromatic N) is 1. The highest BCUT2D eigenvalue weighted by Gasteiger charge is 2.09. The minimum Gasteiger partial charge on any atom is -0.423 e. The number of para-hydroxylation sites is 1. The number of rotatable bonds is 12. The molecule has 0 spiro atoms. The van der Waals surface area contributed by atoms with E-state index in [-0.39, 0.29) is 12.4 Å². The van der Waals surface area contributed by atoms with Gasteiger partial charge in [-0.1, -0.05) is 64.0 Å². The molecule has 136 valence electrons. The lowest BCUT2D eigenvalue weighted by molar-refractivity contribution is 0.572. The van der Waals surface area contributed by atoms with E-state index in [1.54, 1.807) is 0 Å². The monoisotopic (exact) mass is 353 g/mol. The Morgan fingerprint density at radius 3 is 2.46 bits per heavy atom. The number of halogens is 1. The number of aromatic nitrogens is 1. The predicted octanol–water partition coefficient (Wildman–Crippen LogP) is 5.30. The normalized spacial score (nSPS) is 10.8. The lowest BCUT2D eigenvalue weighted by Crippen LogP contribution is -2.13. The van der Waals surface area contributed by atoms with Crippen LogP contribution in [0.25, 0.3) is 11.1 Å². The third-order valence-corrected chi connectivity index (χ3v) is 4.22. The number of nitrogens with two attached hydrogens (primary N) is 1. The second-order valence-corrected chi connectivity index (χ2v) is 6.22. The van der Waals surface area contributed by atoms with E-state index in [0.29, 0.717) is 19.1 Å². The molecule has 24 heavy (non-hydrogen) atoms. The maximum atomic E-state index is 5.85. The molecule has 0 radical (unpaired) electrons. The zero-order chi connectivity index (χ0) is 16.3. The molecule has 4 nitrogen and oxygen atoms in total. The highest BCUT2D eigenvalue weighted by atomic mass is 35.5. The largest absolute Gasteiger partial charge is 0.423 e. The Kier molecular flexibility index (Phi) is 10.5. The minimum absolute atomic E-state index is 0. The molecule has 0 fully saturated rings. The Labute approximate surface area is 152 Å². The van der Waals surface area contributed by atoms with Gasteiger partial charge in [0.1, 0.15) is 5.52 Å². The molecular weight excluding hydrogens is 322 g/mol. The number of unbranched alkanes of at least 4 members (excludes halogenated alkanes) is 7. The van der Waals surface area contributed by atoms with Crippen molar-refractivity contribution in [2.75, 3.05) is 18.4 Å². The van der Waals surface area contributed by atoms with Gasteiger partial charge in [-0.3, -0.25) is 0 Å². The van der Waals surface area contributed by atoms with Gasteiger partial charge in [0, 0.05) is 13.1 Å². The van der Waals surface area contributed by atoms with Crippen LogP contribution in [0.1, 0.15) is 63.9 Å². The summed E-state index contributed by atoms with van der Waals surface area (Å²) in [5.74, 6) is 0. The number of nitrogens with one attached hydrogen (secondary N) is 1. The van der Waals surface area contributed by atoms with E-state index in [1.807, 2.05) is 6.07 Å². The van der Waals surface area contributed by atoms with Gasteiger partial charge in [0.2, 0.25) is 0 Å². The van der Waals surface area contributed by atoms with Crippen LogP contribution in [-0.4, -0.2) is 18.1 Å². The third-order valence-electron chi connectivity index (χ3n) is 4.22. The van der Waals surface area contributed by atoms with Crippen LogP contribution >= 0.6 is 12.4 Å². The minimum atomic E-state index is 0. The zero-order valence-corrected chi connectivity index (χ0v) is 15.7. The zero-order valence-electron chi connectivity index (χ0n) is 14.9. The number of oxazole rings is 1. The molecule has 0 amide bonds. The average molecular weight is 354 g/mol. The quantitative estimate of drug-likeness (QED) is 0.508. The van der Waals surface area contributed by atoms with E-state index >= 15 is 0 Å². The molecule has 1 heterocycles. The summed E-state index contributed by atoms with van der Waals surface area (Å²) in [5.41, 5.74) is 8.62. The van der Waals surface area contributed by atoms with E-state index < -0.39 is 0 Å². The molecule has 0 unspecified atom stereocenters. The van der Waals surface area contributed by atoms with Crippen LogP contribution in [0.4, 0.5) is 6.01 Å². The lowest BCUT2D eigenvalue weighted by Gasteiger charge is -2.03. The van der Waals surface area contributed by atoms with E-state index in [1.165, 1.54) is 56.9 Å². The maximum Gasteiger partial charge on any atom is 0.295 e. The van der Waals surface area contributed by atoms with Gasteiger partial charge in [-0.15, -0.1) is 12.4 Å². The van der Waals surface area contributed by atoms with Crippen LogP contribution in [0.15, 0.2) is 22.6 Å². The second-order valence-electron chi connectivity index (χ2n) is 6.22. The third kappa shape index (κ3) is 6.70. The fourth-order valence-electron chi connectivity index (χ4n) is 2.91. The summed E-state index contributed by atoms with van der Waals surface area (Å²) in [7, 11) is 0. The Morgan fingerprint density at radius 2 is 1.75 bits per heavy atom. The van der Waals surface area contributed by atoms with Crippen LogP contribution in [0.5, 0.6) is 0 Å². The van der Waals surface area contributed by atoms with Crippen LogP contribution in [-0.2, 0) is 6.42 Å². The molecular formula is C19H32ClN3O. The van der Waals surface area contributed by atoms with E-state index in [0.717, 1.165) is 17.5 Å².